The first-order valence-electron chi connectivity index (χ1n) is 9.16. The van der Waals surface area contributed by atoms with Gasteiger partial charge in [0.2, 0.25) is 5.95 Å². The highest BCUT2D eigenvalue weighted by molar-refractivity contribution is 6.31. The maximum atomic E-state index is 6.19. The van der Waals surface area contributed by atoms with Crippen molar-refractivity contribution >= 4 is 40.4 Å². The number of halogens is 1. The predicted octanol–water partition coefficient (Wildman–Crippen LogP) is 5.53. The number of hydrogen-bond donors (Lipinski definition) is 2. The molecule has 0 unspecified atom stereocenters. The lowest BCUT2D eigenvalue weighted by Crippen LogP contribution is -2.17. The van der Waals surface area contributed by atoms with Crippen LogP contribution in [-0.2, 0) is 0 Å². The second-order valence-electron chi connectivity index (χ2n) is 6.67. The van der Waals surface area contributed by atoms with Gasteiger partial charge >= 0.3 is 0 Å². The van der Waals surface area contributed by atoms with Crippen molar-refractivity contribution in [1.29, 1.82) is 0 Å². The molecule has 1 aliphatic rings. The molecule has 0 bridgehead atoms. The number of nitrogens with zero attached hydrogens (tertiary/aromatic N) is 3. The topological polar surface area (TPSA) is 53.1 Å². The molecule has 4 rings (SSSR count). The molecular formula is C21H22ClN5. The van der Waals surface area contributed by atoms with Crippen LogP contribution in [0.1, 0.15) is 18.4 Å². The highest BCUT2D eigenvalue weighted by Gasteiger charge is 2.12. The van der Waals surface area contributed by atoms with Crippen molar-refractivity contribution in [2.45, 2.75) is 19.8 Å². The van der Waals surface area contributed by atoms with Crippen LogP contribution in [0.3, 0.4) is 0 Å². The molecule has 0 atom stereocenters. The Morgan fingerprint density at radius 1 is 0.963 bits per heavy atom. The maximum Gasteiger partial charge on any atom is 0.229 e. The molecule has 2 N–H and O–H groups in total. The number of hydrogen-bond acceptors (Lipinski definition) is 5. The summed E-state index contributed by atoms with van der Waals surface area (Å²) in [6.07, 6.45) is 4.29. The van der Waals surface area contributed by atoms with Crippen LogP contribution in [0.15, 0.2) is 54.7 Å². The minimum absolute atomic E-state index is 0.550. The summed E-state index contributed by atoms with van der Waals surface area (Å²) in [5.41, 5.74) is 4.16. The summed E-state index contributed by atoms with van der Waals surface area (Å²) in [5, 5.41) is 7.30. The maximum absolute atomic E-state index is 6.19. The molecule has 0 spiro atoms. The standard InChI is InChI=1S/C21H22ClN5/c1-15-18(22)5-4-6-19(15)25-20-11-12-23-21(26-20)24-16-7-9-17(10-8-16)27-13-2-3-14-27/h4-12H,2-3,13-14H2,1H3,(H2,23,24,25,26). The number of nitrogens with one attached hydrogen (secondary N) is 2. The summed E-state index contributed by atoms with van der Waals surface area (Å²) >= 11 is 6.19. The van der Waals surface area contributed by atoms with Gasteiger partial charge in [0.25, 0.3) is 0 Å². The first kappa shape index (κ1) is 17.6. The van der Waals surface area contributed by atoms with Crippen molar-refractivity contribution in [3.63, 3.8) is 0 Å². The molecule has 2 aromatic carbocycles. The summed E-state index contributed by atoms with van der Waals surface area (Å²) in [5.74, 6) is 1.26. The van der Waals surface area contributed by atoms with Gasteiger partial charge in [-0.25, -0.2) is 4.98 Å². The Morgan fingerprint density at radius 3 is 2.52 bits per heavy atom. The third kappa shape index (κ3) is 4.14. The number of rotatable bonds is 5. The van der Waals surface area contributed by atoms with E-state index >= 15 is 0 Å². The molecule has 6 heteroatoms. The highest BCUT2D eigenvalue weighted by atomic mass is 35.5. The normalized spacial score (nSPS) is 13.6. The number of benzene rings is 2. The van der Waals surface area contributed by atoms with E-state index in [2.05, 4.69) is 49.8 Å². The zero-order valence-electron chi connectivity index (χ0n) is 15.2. The lowest BCUT2D eigenvalue weighted by atomic mass is 10.2. The minimum Gasteiger partial charge on any atom is -0.372 e. The van der Waals surface area contributed by atoms with Gasteiger partial charge in [0.1, 0.15) is 5.82 Å². The van der Waals surface area contributed by atoms with Crippen LogP contribution in [0.2, 0.25) is 5.02 Å². The summed E-state index contributed by atoms with van der Waals surface area (Å²) in [6.45, 7) is 4.27. The zero-order chi connectivity index (χ0) is 18.6. The van der Waals surface area contributed by atoms with Gasteiger partial charge in [0.15, 0.2) is 0 Å². The van der Waals surface area contributed by atoms with E-state index in [0.717, 1.165) is 35.1 Å². The SMILES string of the molecule is Cc1c(Cl)cccc1Nc1ccnc(Nc2ccc(N3CCCC3)cc2)n1. The summed E-state index contributed by atoms with van der Waals surface area (Å²) in [7, 11) is 0. The number of aromatic nitrogens is 2. The Morgan fingerprint density at radius 2 is 1.74 bits per heavy atom. The average molecular weight is 380 g/mol. The van der Waals surface area contributed by atoms with E-state index in [1.165, 1.54) is 18.5 Å². The van der Waals surface area contributed by atoms with Crippen molar-refractivity contribution in [2.24, 2.45) is 0 Å². The van der Waals surface area contributed by atoms with Crippen LogP contribution < -0.4 is 15.5 Å². The molecule has 1 aliphatic heterocycles. The van der Waals surface area contributed by atoms with Gasteiger partial charge in [-0.3, -0.25) is 0 Å². The Labute approximate surface area is 164 Å². The molecule has 0 radical (unpaired) electrons. The van der Waals surface area contributed by atoms with Gasteiger partial charge in [-0.15, -0.1) is 0 Å². The number of anilines is 5. The summed E-state index contributed by atoms with van der Waals surface area (Å²) < 4.78 is 0. The fourth-order valence-corrected chi connectivity index (χ4v) is 3.40. The summed E-state index contributed by atoms with van der Waals surface area (Å²) in [4.78, 5) is 11.3. The molecular weight excluding hydrogens is 358 g/mol. The Kier molecular flexibility index (Phi) is 5.12. The smallest absolute Gasteiger partial charge is 0.229 e. The van der Waals surface area contributed by atoms with E-state index in [0.29, 0.717) is 11.8 Å². The van der Waals surface area contributed by atoms with Crippen molar-refractivity contribution in [3.8, 4) is 0 Å². The molecule has 1 saturated heterocycles. The van der Waals surface area contributed by atoms with Crippen LogP contribution in [0, 0.1) is 6.92 Å². The fraction of sp³-hybridized carbons (Fsp3) is 0.238. The first-order valence-corrected chi connectivity index (χ1v) is 9.54. The Hall–Kier alpha value is -2.79. The molecule has 138 valence electrons. The predicted molar refractivity (Wildman–Crippen MR) is 113 cm³/mol. The van der Waals surface area contributed by atoms with Gasteiger partial charge in [0.05, 0.1) is 0 Å². The van der Waals surface area contributed by atoms with Crippen LogP contribution >= 0.6 is 11.6 Å². The van der Waals surface area contributed by atoms with E-state index in [9.17, 15) is 0 Å². The highest BCUT2D eigenvalue weighted by Crippen LogP contribution is 2.26. The Bertz CT molecular complexity index is 920. The van der Waals surface area contributed by atoms with Crippen LogP contribution in [0.4, 0.5) is 28.8 Å². The lowest BCUT2D eigenvalue weighted by Gasteiger charge is -2.17. The molecule has 1 aromatic heterocycles. The largest absolute Gasteiger partial charge is 0.372 e. The molecule has 27 heavy (non-hydrogen) atoms. The van der Waals surface area contributed by atoms with Crippen LogP contribution in [0.5, 0.6) is 0 Å². The second-order valence-corrected chi connectivity index (χ2v) is 7.08. The van der Waals surface area contributed by atoms with E-state index < -0.39 is 0 Å². The summed E-state index contributed by atoms with van der Waals surface area (Å²) in [6, 6.07) is 16.0. The molecule has 3 aromatic rings. The second kappa shape index (κ2) is 7.84. The third-order valence-corrected chi connectivity index (χ3v) is 5.19. The Balaban J connectivity index is 1.47. The van der Waals surface area contributed by atoms with E-state index in [1.54, 1.807) is 6.20 Å². The first-order chi connectivity index (χ1) is 13.2. The van der Waals surface area contributed by atoms with Crippen LogP contribution in [-0.4, -0.2) is 23.1 Å². The van der Waals surface area contributed by atoms with Gasteiger partial charge < -0.3 is 15.5 Å². The van der Waals surface area contributed by atoms with Gasteiger partial charge in [-0.05, 0) is 67.8 Å². The van der Waals surface area contributed by atoms with Gasteiger partial charge in [0, 0.05) is 41.4 Å². The van der Waals surface area contributed by atoms with Crippen molar-refractivity contribution in [2.75, 3.05) is 28.6 Å². The minimum atomic E-state index is 0.550. The zero-order valence-corrected chi connectivity index (χ0v) is 16.0. The third-order valence-electron chi connectivity index (χ3n) is 4.78. The van der Waals surface area contributed by atoms with Crippen LogP contribution in [0.25, 0.3) is 0 Å². The molecule has 0 aliphatic carbocycles. The van der Waals surface area contributed by atoms with Crippen molar-refractivity contribution < 1.29 is 0 Å². The molecule has 5 nitrogen and oxygen atoms in total. The van der Waals surface area contributed by atoms with Crippen molar-refractivity contribution in [3.05, 3.63) is 65.3 Å². The fourth-order valence-electron chi connectivity index (χ4n) is 3.23. The monoisotopic (exact) mass is 379 g/mol. The van der Waals surface area contributed by atoms with E-state index in [1.807, 2.05) is 31.2 Å². The average Bonchev–Trinajstić information content (AvgIpc) is 3.21. The van der Waals surface area contributed by atoms with E-state index in [4.69, 9.17) is 11.6 Å². The van der Waals surface area contributed by atoms with E-state index in [-0.39, 0.29) is 0 Å². The quantitative estimate of drug-likeness (QED) is 0.610. The molecule has 1 fully saturated rings. The molecule has 0 amide bonds. The van der Waals surface area contributed by atoms with Crippen molar-refractivity contribution in [1.82, 2.24) is 9.97 Å². The molecule has 0 saturated carbocycles. The molecule has 2 heterocycles. The van der Waals surface area contributed by atoms with Gasteiger partial charge in [-0.1, -0.05) is 17.7 Å². The van der Waals surface area contributed by atoms with Gasteiger partial charge in [-0.2, -0.15) is 4.98 Å². The lowest BCUT2D eigenvalue weighted by molar-refractivity contribution is 0.949.